The van der Waals surface area contributed by atoms with Crippen molar-refractivity contribution >= 4 is 0 Å². The summed E-state index contributed by atoms with van der Waals surface area (Å²) in [5.41, 5.74) is 0. The first-order chi connectivity index (χ1) is 5.38. The van der Waals surface area contributed by atoms with E-state index in [0.29, 0.717) is 12.1 Å². The van der Waals surface area contributed by atoms with E-state index in [1.807, 2.05) is 7.05 Å². The predicted molar refractivity (Wildman–Crippen MR) is 45.7 cm³/mol. The van der Waals surface area contributed by atoms with Gasteiger partial charge in [-0.15, -0.1) is 0 Å². The minimum absolute atomic E-state index is 0.360. The van der Waals surface area contributed by atoms with Gasteiger partial charge in [0, 0.05) is 19.1 Å². The van der Waals surface area contributed by atoms with Crippen molar-refractivity contribution in [3.63, 3.8) is 0 Å². The number of morpholine rings is 1. The van der Waals surface area contributed by atoms with Crippen LogP contribution in [0.2, 0.25) is 0 Å². The maximum absolute atomic E-state index is 5.60. The molecule has 1 aliphatic rings. The Morgan fingerprint density at radius 1 is 1.73 bits per heavy atom. The van der Waals surface area contributed by atoms with E-state index in [9.17, 15) is 0 Å². The van der Waals surface area contributed by atoms with Gasteiger partial charge in [0.05, 0.1) is 12.7 Å². The van der Waals surface area contributed by atoms with Crippen LogP contribution in [0.1, 0.15) is 13.3 Å². The van der Waals surface area contributed by atoms with Gasteiger partial charge in [0.2, 0.25) is 0 Å². The fourth-order valence-electron chi connectivity index (χ4n) is 1.50. The van der Waals surface area contributed by atoms with E-state index < -0.39 is 0 Å². The standard InChI is InChI=1S/C8H18N2O/c1-3-7(9-2)8-6-10-4-5-11-8/h7-10H,3-6H2,1-2H3. The summed E-state index contributed by atoms with van der Waals surface area (Å²) in [6.07, 6.45) is 1.49. The lowest BCUT2D eigenvalue weighted by molar-refractivity contribution is 0.00520. The Morgan fingerprint density at radius 3 is 3.00 bits per heavy atom. The molecule has 1 saturated heterocycles. The van der Waals surface area contributed by atoms with Crippen LogP contribution in [-0.4, -0.2) is 38.9 Å². The molecule has 0 saturated carbocycles. The highest BCUT2D eigenvalue weighted by molar-refractivity contribution is 4.78. The van der Waals surface area contributed by atoms with Gasteiger partial charge in [-0.1, -0.05) is 6.92 Å². The molecule has 11 heavy (non-hydrogen) atoms. The van der Waals surface area contributed by atoms with Gasteiger partial charge in [-0.3, -0.25) is 0 Å². The molecule has 1 heterocycles. The molecule has 1 aliphatic heterocycles. The lowest BCUT2D eigenvalue weighted by Crippen LogP contribution is -2.49. The molecule has 0 bridgehead atoms. The van der Waals surface area contributed by atoms with Crippen molar-refractivity contribution in [2.45, 2.75) is 25.5 Å². The fraction of sp³-hybridized carbons (Fsp3) is 1.00. The average molecular weight is 158 g/mol. The minimum Gasteiger partial charge on any atom is -0.374 e. The Kier molecular flexibility index (Phi) is 3.83. The first kappa shape index (κ1) is 8.97. The van der Waals surface area contributed by atoms with E-state index in [1.165, 1.54) is 0 Å². The Hall–Kier alpha value is -0.120. The second-order valence-corrected chi connectivity index (χ2v) is 2.92. The van der Waals surface area contributed by atoms with Crippen molar-refractivity contribution in [2.24, 2.45) is 0 Å². The van der Waals surface area contributed by atoms with E-state index >= 15 is 0 Å². The number of ether oxygens (including phenoxy) is 1. The van der Waals surface area contributed by atoms with E-state index in [2.05, 4.69) is 17.6 Å². The van der Waals surface area contributed by atoms with Crippen molar-refractivity contribution < 1.29 is 4.74 Å². The zero-order valence-electron chi connectivity index (χ0n) is 7.39. The summed E-state index contributed by atoms with van der Waals surface area (Å²) in [6.45, 7) is 5.01. The highest BCUT2D eigenvalue weighted by Gasteiger charge is 2.20. The molecule has 0 amide bonds. The van der Waals surface area contributed by atoms with Crippen LogP contribution in [0.5, 0.6) is 0 Å². The van der Waals surface area contributed by atoms with Crippen LogP contribution in [0.25, 0.3) is 0 Å². The zero-order chi connectivity index (χ0) is 8.10. The summed E-state index contributed by atoms with van der Waals surface area (Å²) in [4.78, 5) is 0. The van der Waals surface area contributed by atoms with Crippen LogP contribution in [0.3, 0.4) is 0 Å². The van der Waals surface area contributed by atoms with Gasteiger partial charge in [0.25, 0.3) is 0 Å². The summed E-state index contributed by atoms with van der Waals surface area (Å²) < 4.78 is 5.60. The Labute approximate surface area is 68.5 Å². The Bertz CT molecular complexity index is 98.3. The topological polar surface area (TPSA) is 33.3 Å². The van der Waals surface area contributed by atoms with Crippen molar-refractivity contribution in [3.05, 3.63) is 0 Å². The zero-order valence-corrected chi connectivity index (χ0v) is 7.39. The third-order valence-corrected chi connectivity index (χ3v) is 2.22. The molecule has 3 heteroatoms. The van der Waals surface area contributed by atoms with Gasteiger partial charge in [0.1, 0.15) is 0 Å². The number of nitrogens with one attached hydrogen (secondary N) is 2. The summed E-state index contributed by atoms with van der Waals surface area (Å²) in [6, 6.07) is 0.503. The van der Waals surface area contributed by atoms with Gasteiger partial charge in [-0.05, 0) is 13.5 Å². The van der Waals surface area contributed by atoms with Crippen molar-refractivity contribution in [1.29, 1.82) is 0 Å². The number of hydrogen-bond donors (Lipinski definition) is 2. The van der Waals surface area contributed by atoms with Crippen LogP contribution in [0.15, 0.2) is 0 Å². The van der Waals surface area contributed by atoms with Crippen LogP contribution in [-0.2, 0) is 4.74 Å². The molecular weight excluding hydrogens is 140 g/mol. The largest absolute Gasteiger partial charge is 0.374 e. The first-order valence-corrected chi connectivity index (χ1v) is 4.38. The van der Waals surface area contributed by atoms with Crippen molar-refractivity contribution in [3.8, 4) is 0 Å². The average Bonchev–Trinajstić information content (AvgIpc) is 2.09. The third kappa shape index (κ3) is 2.43. The third-order valence-electron chi connectivity index (χ3n) is 2.22. The minimum atomic E-state index is 0.360. The van der Waals surface area contributed by atoms with Crippen LogP contribution in [0, 0.1) is 0 Å². The van der Waals surface area contributed by atoms with Gasteiger partial charge in [0.15, 0.2) is 0 Å². The van der Waals surface area contributed by atoms with Gasteiger partial charge in [-0.2, -0.15) is 0 Å². The molecule has 66 valence electrons. The maximum atomic E-state index is 5.60. The molecule has 0 aromatic carbocycles. The van der Waals surface area contributed by atoms with Crippen LogP contribution in [0.4, 0.5) is 0 Å². The highest BCUT2D eigenvalue weighted by atomic mass is 16.5. The summed E-state index contributed by atoms with van der Waals surface area (Å²) >= 11 is 0. The maximum Gasteiger partial charge on any atom is 0.0852 e. The second-order valence-electron chi connectivity index (χ2n) is 2.92. The summed E-state index contributed by atoms with van der Waals surface area (Å²) in [5, 5.41) is 6.58. The summed E-state index contributed by atoms with van der Waals surface area (Å²) in [7, 11) is 1.99. The van der Waals surface area contributed by atoms with Crippen molar-refractivity contribution in [1.82, 2.24) is 10.6 Å². The Morgan fingerprint density at radius 2 is 2.55 bits per heavy atom. The molecule has 3 nitrogen and oxygen atoms in total. The molecule has 2 N–H and O–H groups in total. The molecular formula is C8H18N2O. The lowest BCUT2D eigenvalue weighted by atomic mass is 10.1. The summed E-state index contributed by atoms with van der Waals surface area (Å²) in [5.74, 6) is 0. The Balaban J connectivity index is 2.30. The highest BCUT2D eigenvalue weighted by Crippen LogP contribution is 2.04. The molecule has 2 atom stereocenters. The predicted octanol–water partition coefficient (Wildman–Crippen LogP) is -0.0272. The van der Waals surface area contributed by atoms with E-state index in [4.69, 9.17) is 4.74 Å². The molecule has 0 spiro atoms. The molecule has 1 rings (SSSR count). The lowest BCUT2D eigenvalue weighted by Gasteiger charge is -2.30. The van der Waals surface area contributed by atoms with E-state index in [1.54, 1.807) is 0 Å². The number of rotatable bonds is 3. The normalized spacial score (nSPS) is 28.4. The SMILES string of the molecule is CCC(NC)C1CNCCO1. The van der Waals surface area contributed by atoms with Crippen LogP contribution < -0.4 is 10.6 Å². The number of likely N-dealkylation sites (N-methyl/N-ethyl adjacent to an activating group) is 1. The fourth-order valence-corrected chi connectivity index (χ4v) is 1.50. The smallest absolute Gasteiger partial charge is 0.0852 e. The van der Waals surface area contributed by atoms with E-state index in [0.717, 1.165) is 26.1 Å². The number of hydrogen-bond acceptors (Lipinski definition) is 3. The molecule has 0 aliphatic carbocycles. The monoisotopic (exact) mass is 158 g/mol. The molecule has 1 fully saturated rings. The van der Waals surface area contributed by atoms with Gasteiger partial charge in [-0.25, -0.2) is 0 Å². The quantitative estimate of drug-likeness (QED) is 0.605. The first-order valence-electron chi connectivity index (χ1n) is 4.38. The van der Waals surface area contributed by atoms with Gasteiger partial charge < -0.3 is 15.4 Å². The van der Waals surface area contributed by atoms with Crippen molar-refractivity contribution in [2.75, 3.05) is 26.7 Å². The van der Waals surface area contributed by atoms with E-state index in [-0.39, 0.29) is 0 Å². The second kappa shape index (κ2) is 4.70. The molecule has 0 aromatic heterocycles. The molecule has 2 unspecified atom stereocenters. The molecule has 0 aromatic rings. The van der Waals surface area contributed by atoms with Crippen LogP contribution >= 0.6 is 0 Å². The molecule has 0 radical (unpaired) electrons. The van der Waals surface area contributed by atoms with Gasteiger partial charge >= 0.3 is 0 Å².